The first-order valence-corrected chi connectivity index (χ1v) is 5.54. The van der Waals surface area contributed by atoms with Gasteiger partial charge in [-0.05, 0) is 11.8 Å². The summed E-state index contributed by atoms with van der Waals surface area (Å²) in [5.74, 6) is 1.77. The van der Waals surface area contributed by atoms with E-state index >= 15 is 0 Å². The highest BCUT2D eigenvalue weighted by Gasteiger charge is 1.95. The van der Waals surface area contributed by atoms with E-state index in [9.17, 15) is 0 Å². The highest BCUT2D eigenvalue weighted by Crippen LogP contribution is 2.09. The molecule has 76 valence electrons. The predicted octanol–water partition coefficient (Wildman–Crippen LogP) is 4.89. The first-order valence-electron chi connectivity index (χ1n) is 5.54. The van der Waals surface area contributed by atoms with E-state index in [-0.39, 0.29) is 0 Å². The quantitative estimate of drug-likeness (QED) is 0.566. The largest absolute Gasteiger partial charge is 0.0654 e. The van der Waals surface area contributed by atoms with Crippen LogP contribution in [0.1, 0.15) is 67.2 Å². The zero-order chi connectivity index (χ0) is 9.98. The molecule has 0 atom stereocenters. The number of hydrogen-bond acceptors (Lipinski definition) is 0. The summed E-state index contributed by atoms with van der Waals surface area (Å²) in [5, 5.41) is 0. The molecule has 0 aliphatic heterocycles. The van der Waals surface area contributed by atoms with Crippen LogP contribution in [0.3, 0.4) is 0 Å². The van der Waals surface area contributed by atoms with Crippen LogP contribution in [0.25, 0.3) is 0 Å². The molecule has 0 aromatic heterocycles. The molecule has 12 heavy (non-hydrogen) atoms. The Labute approximate surface area is 79.8 Å². The van der Waals surface area contributed by atoms with Crippen LogP contribution in [0.5, 0.6) is 0 Å². The third kappa shape index (κ3) is 22.5. The SMILES string of the molecule is CC(C)CCC(C)C.CCCC. The molecule has 0 N–H and O–H groups in total. The summed E-state index contributed by atoms with van der Waals surface area (Å²) in [5.41, 5.74) is 0. The van der Waals surface area contributed by atoms with Gasteiger partial charge < -0.3 is 0 Å². The second-order valence-electron chi connectivity index (χ2n) is 4.37. The second-order valence-corrected chi connectivity index (χ2v) is 4.37. The first-order chi connectivity index (χ1) is 5.54. The van der Waals surface area contributed by atoms with Gasteiger partial charge in [0.25, 0.3) is 0 Å². The van der Waals surface area contributed by atoms with E-state index in [0.717, 1.165) is 11.8 Å². The molecular weight excluding hydrogens is 144 g/mol. The number of unbranched alkanes of at least 4 members (excludes halogenated alkanes) is 1. The van der Waals surface area contributed by atoms with Crippen molar-refractivity contribution in [1.29, 1.82) is 0 Å². The van der Waals surface area contributed by atoms with Gasteiger partial charge in [0, 0.05) is 0 Å². The van der Waals surface area contributed by atoms with Gasteiger partial charge in [0.2, 0.25) is 0 Å². The molecule has 0 heteroatoms. The highest BCUT2D eigenvalue weighted by atomic mass is 14.0. The van der Waals surface area contributed by atoms with Crippen molar-refractivity contribution in [3.05, 3.63) is 0 Å². The van der Waals surface area contributed by atoms with Crippen LogP contribution in [-0.4, -0.2) is 0 Å². The maximum absolute atomic E-state index is 2.28. The van der Waals surface area contributed by atoms with Crippen molar-refractivity contribution in [3.63, 3.8) is 0 Å². The lowest BCUT2D eigenvalue weighted by molar-refractivity contribution is 0.476. The average molecular weight is 172 g/mol. The summed E-state index contributed by atoms with van der Waals surface area (Å²) in [4.78, 5) is 0. The Bertz CT molecular complexity index is 52.4. The van der Waals surface area contributed by atoms with Crippen molar-refractivity contribution >= 4 is 0 Å². The van der Waals surface area contributed by atoms with Crippen LogP contribution in [0.4, 0.5) is 0 Å². The summed E-state index contributed by atoms with van der Waals surface area (Å²) in [6.45, 7) is 13.5. The highest BCUT2D eigenvalue weighted by molar-refractivity contribution is 4.48. The maximum Gasteiger partial charge on any atom is -0.0471 e. The normalized spacial score (nSPS) is 10.0. The molecule has 0 heterocycles. The van der Waals surface area contributed by atoms with Crippen LogP contribution in [0, 0.1) is 11.8 Å². The standard InChI is InChI=1S/C8H18.C4H10/c1-7(2)5-6-8(3)4;1-3-4-2/h7-8H,5-6H2,1-4H3;3-4H2,1-2H3. The van der Waals surface area contributed by atoms with Gasteiger partial charge in [0.05, 0.1) is 0 Å². The number of hydrogen-bond donors (Lipinski definition) is 0. The molecule has 0 saturated heterocycles. The molecule has 0 unspecified atom stereocenters. The summed E-state index contributed by atoms with van der Waals surface area (Å²) >= 11 is 0. The van der Waals surface area contributed by atoms with E-state index in [0.29, 0.717) is 0 Å². The minimum absolute atomic E-state index is 0.886. The molecule has 0 fully saturated rings. The lowest BCUT2D eigenvalue weighted by Gasteiger charge is -2.05. The third-order valence-electron chi connectivity index (χ3n) is 1.82. The van der Waals surface area contributed by atoms with Crippen LogP contribution < -0.4 is 0 Å². The summed E-state index contributed by atoms with van der Waals surface area (Å²) < 4.78 is 0. The Morgan fingerprint density at radius 1 is 0.667 bits per heavy atom. The molecule has 0 bridgehead atoms. The van der Waals surface area contributed by atoms with Crippen molar-refractivity contribution in [2.45, 2.75) is 67.2 Å². The van der Waals surface area contributed by atoms with Gasteiger partial charge in [0.1, 0.15) is 0 Å². The third-order valence-corrected chi connectivity index (χ3v) is 1.82. The monoisotopic (exact) mass is 172 g/mol. The van der Waals surface area contributed by atoms with Crippen molar-refractivity contribution in [1.82, 2.24) is 0 Å². The number of rotatable bonds is 4. The van der Waals surface area contributed by atoms with Crippen LogP contribution in [-0.2, 0) is 0 Å². The second kappa shape index (κ2) is 11.0. The fourth-order valence-electron chi connectivity index (χ4n) is 0.667. The zero-order valence-electron chi connectivity index (χ0n) is 9.98. The Morgan fingerprint density at radius 3 is 1.00 bits per heavy atom. The van der Waals surface area contributed by atoms with E-state index in [1.54, 1.807) is 0 Å². The van der Waals surface area contributed by atoms with E-state index in [1.807, 2.05) is 0 Å². The molecule has 0 aromatic rings. The van der Waals surface area contributed by atoms with E-state index in [2.05, 4.69) is 41.5 Å². The van der Waals surface area contributed by atoms with Crippen molar-refractivity contribution in [3.8, 4) is 0 Å². The molecule has 0 saturated carbocycles. The molecule has 0 aliphatic rings. The minimum Gasteiger partial charge on any atom is -0.0654 e. The minimum atomic E-state index is 0.886. The molecule has 0 spiro atoms. The Balaban J connectivity index is 0. The van der Waals surface area contributed by atoms with Crippen LogP contribution in [0.15, 0.2) is 0 Å². The van der Waals surface area contributed by atoms with Gasteiger partial charge in [-0.25, -0.2) is 0 Å². The molecule has 0 radical (unpaired) electrons. The average Bonchev–Trinajstić information content (AvgIpc) is 2.01. The van der Waals surface area contributed by atoms with Gasteiger partial charge >= 0.3 is 0 Å². The van der Waals surface area contributed by atoms with Crippen LogP contribution in [0.2, 0.25) is 0 Å². The van der Waals surface area contributed by atoms with Gasteiger partial charge in [-0.2, -0.15) is 0 Å². The van der Waals surface area contributed by atoms with Gasteiger partial charge in [-0.1, -0.05) is 67.2 Å². The van der Waals surface area contributed by atoms with Gasteiger partial charge in [-0.3, -0.25) is 0 Å². The lowest BCUT2D eigenvalue weighted by atomic mass is 10.0. The van der Waals surface area contributed by atoms with Gasteiger partial charge in [-0.15, -0.1) is 0 Å². The van der Waals surface area contributed by atoms with E-state index < -0.39 is 0 Å². The Kier molecular flexibility index (Phi) is 13.3. The molecule has 0 rings (SSSR count). The topological polar surface area (TPSA) is 0 Å². The summed E-state index contributed by atoms with van der Waals surface area (Å²) in [6.07, 6.45) is 5.41. The molecule has 0 nitrogen and oxygen atoms in total. The zero-order valence-corrected chi connectivity index (χ0v) is 9.98. The Morgan fingerprint density at radius 2 is 0.917 bits per heavy atom. The lowest BCUT2D eigenvalue weighted by Crippen LogP contribution is -1.91. The summed E-state index contributed by atoms with van der Waals surface area (Å²) in [6, 6.07) is 0. The maximum atomic E-state index is 2.28. The van der Waals surface area contributed by atoms with Gasteiger partial charge in [0.15, 0.2) is 0 Å². The molecule has 0 amide bonds. The van der Waals surface area contributed by atoms with Crippen molar-refractivity contribution in [2.75, 3.05) is 0 Å². The predicted molar refractivity (Wildman–Crippen MR) is 59.5 cm³/mol. The molecular formula is C12H28. The van der Waals surface area contributed by atoms with Crippen LogP contribution >= 0.6 is 0 Å². The van der Waals surface area contributed by atoms with Crippen molar-refractivity contribution < 1.29 is 0 Å². The first kappa shape index (κ1) is 14.5. The van der Waals surface area contributed by atoms with Crippen molar-refractivity contribution in [2.24, 2.45) is 11.8 Å². The Hall–Kier alpha value is 0. The summed E-state index contributed by atoms with van der Waals surface area (Å²) in [7, 11) is 0. The molecule has 0 aromatic carbocycles. The fraction of sp³-hybridized carbons (Fsp3) is 1.00. The fourth-order valence-corrected chi connectivity index (χ4v) is 0.667. The smallest absolute Gasteiger partial charge is 0.0471 e. The van der Waals surface area contributed by atoms with E-state index in [4.69, 9.17) is 0 Å². The molecule has 0 aliphatic carbocycles. The van der Waals surface area contributed by atoms with E-state index in [1.165, 1.54) is 25.7 Å².